The van der Waals surface area contributed by atoms with E-state index in [0.29, 0.717) is 10.8 Å². The third-order valence-corrected chi connectivity index (χ3v) is 11.7. The normalized spacial score (nSPS) is 26.5. The Labute approximate surface area is 258 Å². The van der Waals surface area contributed by atoms with Crippen molar-refractivity contribution >= 4 is 23.1 Å². The predicted molar refractivity (Wildman–Crippen MR) is 182 cm³/mol. The van der Waals surface area contributed by atoms with Crippen molar-refractivity contribution in [3.05, 3.63) is 131 Å². The van der Waals surface area contributed by atoms with Crippen molar-refractivity contribution in [3.63, 3.8) is 0 Å². The minimum atomic E-state index is 0.307. The molecule has 5 aliphatic rings. The third-order valence-electron chi connectivity index (χ3n) is 11.7. The van der Waals surface area contributed by atoms with Gasteiger partial charge in [0.1, 0.15) is 0 Å². The van der Waals surface area contributed by atoms with Gasteiger partial charge in [-0.1, -0.05) is 80.6 Å². The van der Waals surface area contributed by atoms with Crippen LogP contribution in [0.15, 0.2) is 97.6 Å². The zero-order valence-corrected chi connectivity index (χ0v) is 25.8. The topological polar surface area (TPSA) is 3.24 Å². The number of fused-ring (bicyclic) bond motifs is 1. The first-order valence-corrected chi connectivity index (χ1v) is 16.9. The number of nitrogens with zero attached hydrogens (tertiary/aromatic N) is 1. The quantitative estimate of drug-likeness (QED) is 0.196. The molecule has 9 rings (SSSR count). The minimum absolute atomic E-state index is 0.307. The average molecular weight is 564 g/mol. The van der Waals surface area contributed by atoms with E-state index in [4.69, 9.17) is 0 Å². The molecular weight excluding hydrogens is 518 g/mol. The molecule has 4 bridgehead atoms. The van der Waals surface area contributed by atoms with Crippen molar-refractivity contribution in [2.24, 2.45) is 11.8 Å². The van der Waals surface area contributed by atoms with Crippen LogP contribution in [0.3, 0.4) is 0 Å². The lowest BCUT2D eigenvalue weighted by atomic mass is 9.42. The van der Waals surface area contributed by atoms with Crippen molar-refractivity contribution in [1.29, 1.82) is 0 Å². The van der Waals surface area contributed by atoms with E-state index in [1.54, 1.807) is 11.1 Å². The second kappa shape index (κ2) is 10.5. The van der Waals surface area contributed by atoms with Crippen LogP contribution in [0.2, 0.25) is 0 Å². The first-order valence-electron chi connectivity index (χ1n) is 16.9. The number of unbranched alkanes of at least 4 members (excludes halogenated alkanes) is 1. The molecule has 0 N–H and O–H groups in total. The number of rotatable bonds is 9. The van der Waals surface area contributed by atoms with Crippen LogP contribution in [0.4, 0.5) is 17.1 Å². The first-order chi connectivity index (χ1) is 21.1. The van der Waals surface area contributed by atoms with Crippen LogP contribution < -0.4 is 4.90 Å². The largest absolute Gasteiger partial charge is 0.310 e. The molecule has 4 aromatic carbocycles. The summed E-state index contributed by atoms with van der Waals surface area (Å²) in [5, 5.41) is 0. The van der Waals surface area contributed by atoms with E-state index in [-0.39, 0.29) is 0 Å². The summed E-state index contributed by atoms with van der Waals surface area (Å²) in [5.74, 6) is 1.70. The van der Waals surface area contributed by atoms with E-state index in [2.05, 4.69) is 109 Å². The summed E-state index contributed by atoms with van der Waals surface area (Å²) >= 11 is 0. The summed E-state index contributed by atoms with van der Waals surface area (Å²) in [7, 11) is 0. The molecule has 1 nitrogen and oxygen atoms in total. The van der Waals surface area contributed by atoms with Gasteiger partial charge in [-0.25, -0.2) is 0 Å². The van der Waals surface area contributed by atoms with Gasteiger partial charge >= 0.3 is 0 Å². The number of hydrogen-bond donors (Lipinski definition) is 0. The standard InChI is InChI=1S/C42H45N/c1-3-5-6-31-9-18-38(19-10-31)43(40-20-13-34-11-12-35(34)24-40)39-21-16-37(17-22-39)42-27-32-23-33(28-42)26-41(25-32,29-42)36-14-7-30(4-2)8-15-36/h4,7-10,13-22,24,32-33H,2-3,5-6,11-12,23,25-29H2,1H3. The number of anilines is 3. The average Bonchev–Trinajstić information content (AvgIpc) is 3.02. The Morgan fingerprint density at radius 2 is 1.26 bits per heavy atom. The second-order valence-electron chi connectivity index (χ2n) is 14.5. The molecule has 0 amide bonds. The Bertz CT molecular complexity index is 1610. The van der Waals surface area contributed by atoms with Crippen LogP contribution in [0, 0.1) is 11.8 Å². The summed E-state index contributed by atoms with van der Waals surface area (Å²) in [6.07, 6.45) is 16.3. The number of benzene rings is 4. The molecule has 0 aliphatic heterocycles. The Balaban J connectivity index is 1.13. The zero-order chi connectivity index (χ0) is 29.0. The van der Waals surface area contributed by atoms with Gasteiger partial charge in [-0.15, -0.1) is 0 Å². The van der Waals surface area contributed by atoms with E-state index in [1.165, 1.54) is 104 Å². The summed E-state index contributed by atoms with van der Waals surface area (Å²) in [6.45, 7) is 6.26. The molecule has 0 radical (unpaired) electrons. The molecule has 2 unspecified atom stereocenters. The van der Waals surface area contributed by atoms with Gasteiger partial charge in [0, 0.05) is 17.1 Å². The maximum atomic E-state index is 3.98. The second-order valence-corrected chi connectivity index (χ2v) is 14.5. The maximum absolute atomic E-state index is 3.98. The molecule has 4 saturated carbocycles. The van der Waals surface area contributed by atoms with E-state index in [0.717, 1.165) is 18.3 Å². The van der Waals surface area contributed by atoms with Crippen LogP contribution in [-0.2, 0) is 30.1 Å². The smallest absolute Gasteiger partial charge is 0.0464 e. The SMILES string of the molecule is C=Cc1ccc(C23CC4CC(C2)CC(c2ccc(N(c5ccc(CCCC)cc5)c5ccc6c(c5)CC6)cc2)(C4)C3)cc1. The lowest BCUT2D eigenvalue weighted by Gasteiger charge is -2.63. The number of hydrogen-bond acceptors (Lipinski definition) is 1. The van der Waals surface area contributed by atoms with Crippen molar-refractivity contribution in [1.82, 2.24) is 0 Å². The van der Waals surface area contributed by atoms with E-state index >= 15 is 0 Å². The van der Waals surface area contributed by atoms with E-state index in [1.807, 2.05) is 6.08 Å². The van der Waals surface area contributed by atoms with Crippen molar-refractivity contribution < 1.29 is 0 Å². The highest BCUT2D eigenvalue weighted by Gasteiger charge is 2.58. The summed E-state index contributed by atoms with van der Waals surface area (Å²) in [6, 6.07) is 35.7. The monoisotopic (exact) mass is 563 g/mol. The summed E-state index contributed by atoms with van der Waals surface area (Å²) in [5.41, 5.74) is 13.3. The summed E-state index contributed by atoms with van der Waals surface area (Å²) < 4.78 is 0. The molecule has 5 aliphatic carbocycles. The van der Waals surface area contributed by atoms with Gasteiger partial charge in [-0.3, -0.25) is 0 Å². The summed E-state index contributed by atoms with van der Waals surface area (Å²) in [4.78, 5) is 2.48. The van der Waals surface area contributed by atoms with Crippen molar-refractivity contribution in [2.45, 2.75) is 88.4 Å². The zero-order valence-electron chi connectivity index (χ0n) is 25.8. The number of aryl methyl sites for hydroxylation is 3. The van der Waals surface area contributed by atoms with Gasteiger partial charge in [0.05, 0.1) is 0 Å². The van der Waals surface area contributed by atoms with Crippen LogP contribution in [0.1, 0.15) is 91.7 Å². The van der Waals surface area contributed by atoms with Crippen LogP contribution in [-0.4, -0.2) is 0 Å². The predicted octanol–water partition coefficient (Wildman–Crippen LogP) is 11.0. The molecule has 43 heavy (non-hydrogen) atoms. The Morgan fingerprint density at radius 3 is 1.79 bits per heavy atom. The lowest BCUT2D eigenvalue weighted by Crippen LogP contribution is -2.55. The molecular formula is C42H45N. The third kappa shape index (κ3) is 4.67. The van der Waals surface area contributed by atoms with Crippen LogP contribution in [0.5, 0.6) is 0 Å². The van der Waals surface area contributed by atoms with Gasteiger partial charge in [-0.2, -0.15) is 0 Å². The van der Waals surface area contributed by atoms with Crippen LogP contribution in [0.25, 0.3) is 6.08 Å². The molecule has 4 aromatic rings. The van der Waals surface area contributed by atoms with Crippen molar-refractivity contribution in [2.75, 3.05) is 4.90 Å². The highest BCUT2D eigenvalue weighted by Crippen LogP contribution is 2.66. The van der Waals surface area contributed by atoms with Gasteiger partial charge in [0.15, 0.2) is 0 Å². The van der Waals surface area contributed by atoms with Crippen molar-refractivity contribution in [3.8, 4) is 0 Å². The van der Waals surface area contributed by atoms with Gasteiger partial charge < -0.3 is 4.90 Å². The molecule has 0 aromatic heterocycles. The first kappa shape index (κ1) is 27.0. The molecule has 0 heterocycles. The van der Waals surface area contributed by atoms with Crippen LogP contribution >= 0.6 is 0 Å². The fraction of sp³-hybridized carbons (Fsp3) is 0.381. The molecule has 4 fully saturated rings. The highest BCUT2D eigenvalue weighted by atomic mass is 15.1. The maximum Gasteiger partial charge on any atom is 0.0464 e. The fourth-order valence-corrected chi connectivity index (χ4v) is 9.84. The molecule has 1 heteroatoms. The minimum Gasteiger partial charge on any atom is -0.310 e. The van der Waals surface area contributed by atoms with E-state index in [9.17, 15) is 0 Å². The van der Waals surface area contributed by atoms with E-state index < -0.39 is 0 Å². The van der Waals surface area contributed by atoms with Gasteiger partial charge in [-0.05, 0) is 157 Å². The molecule has 218 valence electrons. The lowest BCUT2D eigenvalue weighted by molar-refractivity contribution is -0.0281. The van der Waals surface area contributed by atoms with Gasteiger partial charge in [0.2, 0.25) is 0 Å². The molecule has 2 atom stereocenters. The Kier molecular flexibility index (Phi) is 6.62. The van der Waals surface area contributed by atoms with Gasteiger partial charge in [0.25, 0.3) is 0 Å². The Morgan fingerprint density at radius 1 is 0.698 bits per heavy atom. The highest BCUT2D eigenvalue weighted by molar-refractivity contribution is 5.77. The molecule has 0 saturated heterocycles. The molecule has 0 spiro atoms. The Hall–Kier alpha value is -3.58. The fourth-order valence-electron chi connectivity index (χ4n) is 9.84.